The Morgan fingerprint density at radius 3 is 1.95 bits per heavy atom. The summed E-state index contributed by atoms with van der Waals surface area (Å²) < 4.78 is 0. The molecule has 224 valence electrons. The summed E-state index contributed by atoms with van der Waals surface area (Å²) in [5, 5.41) is 33.4. The van der Waals surface area contributed by atoms with Crippen LogP contribution in [-0.2, 0) is 16.0 Å². The summed E-state index contributed by atoms with van der Waals surface area (Å²) in [4.78, 5) is 33.4. The third-order valence-electron chi connectivity index (χ3n) is 8.48. The van der Waals surface area contributed by atoms with E-state index in [-0.39, 0.29) is 34.4 Å². The van der Waals surface area contributed by atoms with E-state index in [1.165, 1.54) is 6.07 Å². The Labute approximate surface area is 243 Å². The van der Waals surface area contributed by atoms with Crippen molar-refractivity contribution in [1.29, 1.82) is 0 Å². The van der Waals surface area contributed by atoms with Crippen LogP contribution in [0, 0.1) is 0 Å². The number of fused-ring (bicyclic) bond motifs is 1. The molecule has 9 heteroatoms. The summed E-state index contributed by atoms with van der Waals surface area (Å²) in [6.45, 7) is 6.73. The lowest BCUT2D eigenvalue weighted by molar-refractivity contribution is -0.133. The molecular weight excluding hydrogens is 520 g/mol. The molecule has 2 fully saturated rings. The van der Waals surface area contributed by atoms with E-state index in [2.05, 4.69) is 23.9 Å². The molecule has 0 aliphatic carbocycles. The lowest BCUT2D eigenvalue weighted by atomic mass is 9.93. The number of nitrogens with zero attached hydrogens (tertiary/aromatic N) is 4. The number of aromatic hydroxyl groups is 3. The maximum Gasteiger partial charge on any atom is 0.222 e. The summed E-state index contributed by atoms with van der Waals surface area (Å²) in [6, 6.07) is 4.84. The number of carbonyl (C=O) groups excluding carboxylic acids is 2. The first-order chi connectivity index (χ1) is 19.8. The molecule has 2 aliphatic heterocycles. The molecule has 0 radical (unpaired) electrons. The Morgan fingerprint density at radius 1 is 0.756 bits per heavy atom. The molecule has 2 aromatic carbocycles. The third-order valence-corrected chi connectivity index (χ3v) is 8.48. The summed E-state index contributed by atoms with van der Waals surface area (Å²) in [5.41, 5.74) is 1.13. The van der Waals surface area contributed by atoms with E-state index in [4.69, 9.17) is 0 Å². The maximum absolute atomic E-state index is 12.6. The number of hydrogen-bond donors (Lipinski definition) is 3. The highest BCUT2D eigenvalue weighted by Gasteiger charge is 2.21. The average molecular weight is 567 g/mol. The Kier molecular flexibility index (Phi) is 10.9. The van der Waals surface area contributed by atoms with Crippen molar-refractivity contribution < 1.29 is 24.9 Å². The second-order valence-corrected chi connectivity index (χ2v) is 11.5. The first-order valence-corrected chi connectivity index (χ1v) is 15.0. The molecule has 0 saturated carbocycles. The molecule has 0 unspecified atom stereocenters. The van der Waals surface area contributed by atoms with Gasteiger partial charge in [0.1, 0.15) is 17.2 Å². The second kappa shape index (κ2) is 14.5. The van der Waals surface area contributed by atoms with Crippen molar-refractivity contribution in [2.24, 2.45) is 0 Å². The van der Waals surface area contributed by atoms with Gasteiger partial charge in [-0.3, -0.25) is 9.59 Å². The van der Waals surface area contributed by atoms with Gasteiger partial charge < -0.3 is 34.9 Å². The van der Waals surface area contributed by atoms with Gasteiger partial charge in [-0.1, -0.05) is 30.7 Å². The number of carbonyl (C=O) groups is 2. The predicted molar refractivity (Wildman–Crippen MR) is 162 cm³/mol. The molecular formula is C32H46N4O5. The SMILES string of the molecule is CN1CCN(C(=O)CCC/C=C/c2c(CCCCCC(=O)N3CCN(C)CC3)c(O)c3cccc(O)c3c2O)CC1. The van der Waals surface area contributed by atoms with Crippen LogP contribution in [0.4, 0.5) is 0 Å². The van der Waals surface area contributed by atoms with Crippen molar-refractivity contribution in [2.75, 3.05) is 66.5 Å². The highest BCUT2D eigenvalue weighted by Crippen LogP contribution is 2.44. The molecule has 0 aromatic heterocycles. The first kappa shape index (κ1) is 30.7. The minimum Gasteiger partial charge on any atom is -0.507 e. The number of phenolic OH excluding ortho intramolecular Hbond substituents is 3. The van der Waals surface area contributed by atoms with Crippen molar-refractivity contribution in [3.8, 4) is 17.2 Å². The van der Waals surface area contributed by atoms with Gasteiger partial charge in [-0.25, -0.2) is 0 Å². The number of likely N-dealkylation sites (N-methyl/N-ethyl adjacent to an activating group) is 2. The summed E-state index contributed by atoms with van der Waals surface area (Å²) in [6.07, 6.45) is 8.98. The number of allylic oxidation sites excluding steroid dienone is 1. The normalized spacial score (nSPS) is 17.1. The minimum absolute atomic E-state index is 0.0547. The highest BCUT2D eigenvalue weighted by atomic mass is 16.3. The maximum atomic E-state index is 12.6. The fourth-order valence-electron chi connectivity index (χ4n) is 5.74. The Bertz CT molecular complexity index is 1230. The summed E-state index contributed by atoms with van der Waals surface area (Å²) in [7, 11) is 4.14. The number of hydrogen-bond acceptors (Lipinski definition) is 7. The zero-order valence-corrected chi connectivity index (χ0v) is 24.6. The van der Waals surface area contributed by atoms with E-state index in [0.717, 1.165) is 71.6 Å². The molecule has 3 N–H and O–H groups in total. The number of phenols is 3. The van der Waals surface area contributed by atoms with Crippen molar-refractivity contribution >= 4 is 28.7 Å². The van der Waals surface area contributed by atoms with Crippen LogP contribution in [-0.4, -0.2) is 113 Å². The van der Waals surface area contributed by atoms with Crippen molar-refractivity contribution in [1.82, 2.24) is 19.6 Å². The molecule has 0 spiro atoms. The molecule has 2 amide bonds. The monoisotopic (exact) mass is 566 g/mol. The van der Waals surface area contributed by atoms with E-state index < -0.39 is 0 Å². The Hall–Kier alpha value is -3.30. The number of rotatable bonds is 11. The molecule has 41 heavy (non-hydrogen) atoms. The topological polar surface area (TPSA) is 108 Å². The molecule has 2 aliphatic rings. The average Bonchev–Trinajstić information content (AvgIpc) is 2.96. The van der Waals surface area contributed by atoms with Gasteiger partial charge in [0, 0.05) is 81.7 Å². The quantitative estimate of drug-likeness (QED) is 0.281. The van der Waals surface area contributed by atoms with Crippen LogP contribution < -0.4 is 0 Å². The van der Waals surface area contributed by atoms with Gasteiger partial charge in [0.25, 0.3) is 0 Å². The van der Waals surface area contributed by atoms with E-state index in [9.17, 15) is 24.9 Å². The van der Waals surface area contributed by atoms with Crippen LogP contribution in [0.5, 0.6) is 17.2 Å². The summed E-state index contributed by atoms with van der Waals surface area (Å²) >= 11 is 0. The van der Waals surface area contributed by atoms with Gasteiger partial charge in [0.2, 0.25) is 11.8 Å². The van der Waals surface area contributed by atoms with Gasteiger partial charge in [-0.15, -0.1) is 0 Å². The lowest BCUT2D eigenvalue weighted by Gasteiger charge is -2.32. The van der Waals surface area contributed by atoms with Gasteiger partial charge in [0.05, 0.1) is 5.39 Å². The molecule has 0 bridgehead atoms. The van der Waals surface area contributed by atoms with Crippen molar-refractivity contribution in [3.63, 3.8) is 0 Å². The molecule has 0 atom stereocenters. The fourth-order valence-corrected chi connectivity index (χ4v) is 5.74. The molecule has 2 heterocycles. The lowest BCUT2D eigenvalue weighted by Crippen LogP contribution is -2.47. The zero-order chi connectivity index (χ0) is 29.4. The fraction of sp³-hybridized carbons (Fsp3) is 0.562. The summed E-state index contributed by atoms with van der Waals surface area (Å²) in [5.74, 6) is 0.300. The number of piperazine rings is 2. The second-order valence-electron chi connectivity index (χ2n) is 11.5. The molecule has 2 aromatic rings. The third kappa shape index (κ3) is 7.92. The Morgan fingerprint density at radius 2 is 1.34 bits per heavy atom. The smallest absolute Gasteiger partial charge is 0.222 e. The van der Waals surface area contributed by atoms with E-state index in [1.807, 2.05) is 15.9 Å². The van der Waals surface area contributed by atoms with Crippen LogP contribution in [0.3, 0.4) is 0 Å². The van der Waals surface area contributed by atoms with E-state index in [1.54, 1.807) is 18.2 Å². The molecule has 9 nitrogen and oxygen atoms in total. The number of amides is 2. The number of unbranched alkanes of at least 4 members (excludes halogenated alkanes) is 3. The number of benzene rings is 2. The predicted octanol–water partition coefficient (Wildman–Crippen LogP) is 3.79. The van der Waals surface area contributed by atoms with Crippen molar-refractivity contribution in [3.05, 3.63) is 35.4 Å². The van der Waals surface area contributed by atoms with Gasteiger partial charge in [-0.2, -0.15) is 0 Å². The Balaban J connectivity index is 1.36. The van der Waals surface area contributed by atoms with Crippen LogP contribution >= 0.6 is 0 Å². The molecule has 4 rings (SSSR count). The van der Waals surface area contributed by atoms with Crippen LogP contribution in [0.2, 0.25) is 0 Å². The van der Waals surface area contributed by atoms with Crippen LogP contribution in [0.25, 0.3) is 16.8 Å². The van der Waals surface area contributed by atoms with Gasteiger partial charge >= 0.3 is 0 Å². The standard InChI is InChI=1S/C32H46N4O5/c1-33-16-20-35(21-17-33)28(38)14-7-3-5-10-24-25(32(41)30-26(31(24)40)12-9-13-27(30)37)11-6-4-8-15-29(39)36-22-18-34(2)19-23-36/h6,9,11-13,37,40-41H,3-5,7-8,10,14-23H2,1-2H3/b11-6+. The van der Waals surface area contributed by atoms with E-state index in [0.29, 0.717) is 48.6 Å². The highest BCUT2D eigenvalue weighted by molar-refractivity contribution is 6.01. The largest absolute Gasteiger partial charge is 0.507 e. The zero-order valence-electron chi connectivity index (χ0n) is 24.6. The van der Waals surface area contributed by atoms with Crippen LogP contribution in [0.15, 0.2) is 24.3 Å². The minimum atomic E-state index is -0.0864. The van der Waals surface area contributed by atoms with Gasteiger partial charge in [0.15, 0.2) is 0 Å². The molecule has 2 saturated heterocycles. The van der Waals surface area contributed by atoms with Crippen LogP contribution in [0.1, 0.15) is 56.1 Å². The first-order valence-electron chi connectivity index (χ1n) is 15.0. The van der Waals surface area contributed by atoms with E-state index >= 15 is 0 Å². The van der Waals surface area contributed by atoms with Gasteiger partial charge in [-0.05, 0) is 52.3 Å². The van der Waals surface area contributed by atoms with Crippen molar-refractivity contribution in [2.45, 2.75) is 51.4 Å².